The van der Waals surface area contributed by atoms with Crippen molar-refractivity contribution < 1.29 is 18.8 Å². The van der Waals surface area contributed by atoms with Gasteiger partial charge >= 0.3 is 5.97 Å². The van der Waals surface area contributed by atoms with Gasteiger partial charge in [0.2, 0.25) is 11.6 Å². The quantitative estimate of drug-likeness (QED) is 0.354. The molecule has 1 aromatic carbocycles. The predicted molar refractivity (Wildman–Crippen MR) is 101 cm³/mol. The Hall–Kier alpha value is -3.10. The van der Waals surface area contributed by atoms with E-state index in [0.29, 0.717) is 16.3 Å². The number of aromatic nitrogens is 2. The second-order valence-electron chi connectivity index (χ2n) is 5.45. The van der Waals surface area contributed by atoms with Gasteiger partial charge < -0.3 is 9.26 Å². The third kappa shape index (κ3) is 3.71. The van der Waals surface area contributed by atoms with Crippen LogP contribution >= 0.6 is 22.7 Å². The van der Waals surface area contributed by atoms with Crippen LogP contribution in [0.25, 0.3) is 11.4 Å². The summed E-state index contributed by atoms with van der Waals surface area (Å²) in [5, 5.41) is 9.49. The van der Waals surface area contributed by atoms with Crippen LogP contribution in [-0.4, -0.2) is 21.9 Å². The van der Waals surface area contributed by atoms with Crippen molar-refractivity contribution in [3.63, 3.8) is 0 Å². The average Bonchev–Trinajstić information content (AvgIpc) is 3.47. The third-order valence-electron chi connectivity index (χ3n) is 3.71. The van der Waals surface area contributed by atoms with Crippen molar-refractivity contribution in [1.29, 1.82) is 0 Å². The monoisotopic (exact) mass is 396 g/mol. The maximum absolute atomic E-state index is 12.6. The van der Waals surface area contributed by atoms with Crippen LogP contribution < -0.4 is 0 Å². The van der Waals surface area contributed by atoms with Crippen molar-refractivity contribution in [1.82, 2.24) is 10.1 Å². The summed E-state index contributed by atoms with van der Waals surface area (Å²) in [4.78, 5) is 29.9. The van der Waals surface area contributed by atoms with Gasteiger partial charge in [-0.05, 0) is 29.0 Å². The van der Waals surface area contributed by atoms with Gasteiger partial charge in [0, 0.05) is 16.5 Å². The van der Waals surface area contributed by atoms with Crippen LogP contribution in [0.2, 0.25) is 0 Å². The molecule has 0 fully saturated rings. The van der Waals surface area contributed by atoms with E-state index in [0.717, 1.165) is 5.56 Å². The van der Waals surface area contributed by atoms with Gasteiger partial charge in [-0.15, -0.1) is 11.3 Å². The molecule has 0 saturated carbocycles. The van der Waals surface area contributed by atoms with Gasteiger partial charge in [0.15, 0.2) is 6.61 Å². The summed E-state index contributed by atoms with van der Waals surface area (Å²) in [7, 11) is 0. The number of nitrogens with zero attached hydrogens (tertiary/aromatic N) is 2. The summed E-state index contributed by atoms with van der Waals surface area (Å²) >= 11 is 2.85. The molecule has 0 aliphatic heterocycles. The normalized spacial score (nSPS) is 10.7. The lowest BCUT2D eigenvalue weighted by Gasteiger charge is -2.07. The highest BCUT2D eigenvalue weighted by Gasteiger charge is 2.20. The largest absolute Gasteiger partial charge is 0.452 e. The van der Waals surface area contributed by atoms with Gasteiger partial charge in [-0.2, -0.15) is 16.3 Å². The van der Waals surface area contributed by atoms with Crippen molar-refractivity contribution >= 4 is 34.4 Å². The molecule has 0 N–H and O–H groups in total. The number of rotatable bonds is 6. The average molecular weight is 396 g/mol. The minimum atomic E-state index is -0.620. The molecule has 27 heavy (non-hydrogen) atoms. The second kappa shape index (κ2) is 7.65. The van der Waals surface area contributed by atoms with Crippen molar-refractivity contribution in [3.05, 3.63) is 80.5 Å². The molecule has 0 atom stereocenters. The van der Waals surface area contributed by atoms with Crippen LogP contribution in [-0.2, 0) is 11.3 Å². The second-order valence-corrected chi connectivity index (χ2v) is 7.18. The SMILES string of the molecule is O=C(OCc1nc(-c2ccsc2)no1)c1ccccc1C(=O)c1cccs1. The molecule has 4 rings (SSSR count). The summed E-state index contributed by atoms with van der Waals surface area (Å²) in [6.45, 7) is -0.169. The van der Waals surface area contributed by atoms with Crippen molar-refractivity contribution in [2.45, 2.75) is 6.61 Å². The number of ketones is 1. The van der Waals surface area contributed by atoms with E-state index < -0.39 is 5.97 Å². The van der Waals surface area contributed by atoms with Crippen molar-refractivity contribution in [2.75, 3.05) is 0 Å². The van der Waals surface area contributed by atoms with Gasteiger partial charge in [-0.1, -0.05) is 29.4 Å². The standard InChI is InChI=1S/C19H12N2O4S2/c22-17(15-6-3-8-27-15)13-4-1-2-5-14(13)19(23)24-10-16-20-18(21-25-16)12-7-9-26-11-12/h1-9,11H,10H2. The van der Waals surface area contributed by atoms with Crippen molar-refractivity contribution in [2.24, 2.45) is 0 Å². The van der Waals surface area contributed by atoms with Crippen LogP contribution in [0.5, 0.6) is 0 Å². The molecule has 0 bridgehead atoms. The Bertz CT molecular complexity index is 1070. The number of esters is 1. The van der Waals surface area contributed by atoms with Crippen LogP contribution in [0.1, 0.15) is 31.5 Å². The summed E-state index contributed by atoms with van der Waals surface area (Å²) in [5.41, 5.74) is 1.34. The third-order valence-corrected chi connectivity index (χ3v) is 5.26. The molecule has 134 valence electrons. The Balaban J connectivity index is 1.48. The van der Waals surface area contributed by atoms with Gasteiger partial charge in [0.25, 0.3) is 5.89 Å². The number of hydrogen-bond acceptors (Lipinski definition) is 8. The van der Waals surface area contributed by atoms with Crippen LogP contribution in [0, 0.1) is 0 Å². The fourth-order valence-corrected chi connectivity index (χ4v) is 3.74. The molecule has 0 radical (unpaired) electrons. The zero-order valence-electron chi connectivity index (χ0n) is 13.8. The van der Waals surface area contributed by atoms with Crippen molar-refractivity contribution in [3.8, 4) is 11.4 Å². The Kier molecular flexibility index (Phi) is 4.91. The number of thiophene rings is 2. The molecule has 8 heteroatoms. The molecule has 0 spiro atoms. The first-order valence-corrected chi connectivity index (χ1v) is 9.74. The predicted octanol–water partition coefficient (Wildman–Crippen LogP) is 4.45. The maximum atomic E-state index is 12.6. The Morgan fingerprint density at radius 2 is 1.89 bits per heavy atom. The highest BCUT2D eigenvalue weighted by Crippen LogP contribution is 2.21. The molecule has 0 aliphatic carbocycles. The zero-order chi connectivity index (χ0) is 18.6. The highest BCUT2D eigenvalue weighted by atomic mass is 32.1. The minimum absolute atomic E-state index is 0.169. The topological polar surface area (TPSA) is 82.3 Å². The first-order chi connectivity index (χ1) is 13.2. The lowest BCUT2D eigenvalue weighted by Crippen LogP contribution is -2.12. The van der Waals surface area contributed by atoms with E-state index >= 15 is 0 Å². The first-order valence-electron chi connectivity index (χ1n) is 7.92. The molecule has 3 aromatic heterocycles. The van der Waals surface area contributed by atoms with E-state index in [2.05, 4.69) is 10.1 Å². The highest BCUT2D eigenvalue weighted by molar-refractivity contribution is 7.12. The van der Waals surface area contributed by atoms with Crippen LogP contribution in [0.15, 0.2) is 63.1 Å². The Morgan fingerprint density at radius 1 is 1.04 bits per heavy atom. The zero-order valence-corrected chi connectivity index (χ0v) is 15.5. The number of ether oxygens (including phenoxy) is 1. The van der Waals surface area contributed by atoms with Crippen LogP contribution in [0.4, 0.5) is 0 Å². The molecule has 6 nitrogen and oxygen atoms in total. The fraction of sp³-hybridized carbons (Fsp3) is 0.0526. The molecule has 3 heterocycles. The van der Waals surface area contributed by atoms with E-state index in [1.807, 2.05) is 22.2 Å². The number of hydrogen-bond donors (Lipinski definition) is 0. The molecule has 0 unspecified atom stereocenters. The number of carbonyl (C=O) groups excluding carboxylic acids is 2. The van der Waals surface area contributed by atoms with Gasteiger partial charge in [-0.3, -0.25) is 4.79 Å². The summed E-state index contributed by atoms with van der Waals surface area (Å²) in [5.74, 6) is -0.205. The molecule has 0 saturated heterocycles. The first kappa shape index (κ1) is 17.3. The lowest BCUT2D eigenvalue weighted by molar-refractivity contribution is 0.0427. The van der Waals surface area contributed by atoms with E-state index in [1.165, 1.54) is 22.7 Å². The van der Waals surface area contributed by atoms with Crippen LogP contribution in [0.3, 0.4) is 0 Å². The molecule has 0 aliphatic rings. The molecule has 0 amide bonds. The fourth-order valence-electron chi connectivity index (χ4n) is 2.43. The van der Waals surface area contributed by atoms with Gasteiger partial charge in [-0.25, -0.2) is 4.79 Å². The lowest BCUT2D eigenvalue weighted by atomic mass is 10.0. The summed E-state index contributed by atoms with van der Waals surface area (Å²) in [6.07, 6.45) is 0. The maximum Gasteiger partial charge on any atom is 0.339 e. The Morgan fingerprint density at radius 3 is 2.63 bits per heavy atom. The van der Waals surface area contributed by atoms with E-state index in [1.54, 1.807) is 36.4 Å². The summed E-state index contributed by atoms with van der Waals surface area (Å²) < 4.78 is 10.4. The molecule has 4 aromatic rings. The van der Waals surface area contributed by atoms with E-state index in [4.69, 9.17) is 9.26 Å². The van der Waals surface area contributed by atoms with E-state index in [9.17, 15) is 9.59 Å². The minimum Gasteiger partial charge on any atom is -0.452 e. The molecular formula is C19H12N2O4S2. The Labute approximate surface area is 162 Å². The number of benzene rings is 1. The van der Waals surface area contributed by atoms with Gasteiger partial charge in [0.05, 0.1) is 10.4 Å². The van der Waals surface area contributed by atoms with Gasteiger partial charge in [0.1, 0.15) is 0 Å². The summed E-state index contributed by atoms with van der Waals surface area (Å²) in [6, 6.07) is 12.0. The number of carbonyl (C=O) groups is 2. The van der Waals surface area contributed by atoms with E-state index in [-0.39, 0.29) is 23.8 Å². The molecular weight excluding hydrogens is 384 g/mol. The smallest absolute Gasteiger partial charge is 0.339 e.